The monoisotopic (exact) mass is 245 g/mol. The number of carbonyl (C=O) groups is 1. The van der Waals surface area contributed by atoms with E-state index < -0.39 is 17.8 Å². The van der Waals surface area contributed by atoms with Crippen LogP contribution in [0.4, 0.5) is 4.39 Å². The van der Waals surface area contributed by atoms with Gasteiger partial charge in [-0.2, -0.15) is 0 Å². The van der Waals surface area contributed by atoms with Crippen LogP contribution in [0.1, 0.15) is 12.5 Å². The first kappa shape index (κ1) is 12.9. The zero-order valence-corrected chi connectivity index (χ0v) is 9.63. The minimum Gasteiger partial charge on any atom is -0.465 e. The van der Waals surface area contributed by atoms with Crippen LogP contribution in [-0.2, 0) is 16.0 Å². The molecule has 0 aliphatic rings. The lowest BCUT2D eigenvalue weighted by Gasteiger charge is -2.11. The molecule has 1 rings (SSSR count). The van der Waals surface area contributed by atoms with Crippen molar-refractivity contribution in [2.75, 3.05) is 6.61 Å². The van der Waals surface area contributed by atoms with E-state index in [1.807, 2.05) is 0 Å². The van der Waals surface area contributed by atoms with E-state index >= 15 is 0 Å². The van der Waals surface area contributed by atoms with Gasteiger partial charge < -0.3 is 10.5 Å². The number of halogens is 2. The number of esters is 1. The van der Waals surface area contributed by atoms with Crippen molar-refractivity contribution in [2.24, 2.45) is 5.73 Å². The minimum atomic E-state index is -0.868. The molecule has 0 aliphatic carbocycles. The molecule has 16 heavy (non-hydrogen) atoms. The van der Waals surface area contributed by atoms with Crippen molar-refractivity contribution in [1.29, 1.82) is 0 Å². The molecular formula is C11H13ClFNO2. The van der Waals surface area contributed by atoms with Crippen LogP contribution in [0.25, 0.3) is 0 Å². The third kappa shape index (κ3) is 3.18. The summed E-state index contributed by atoms with van der Waals surface area (Å²) in [5.74, 6) is -1.08. The molecule has 0 saturated carbocycles. The van der Waals surface area contributed by atoms with Gasteiger partial charge in [-0.3, -0.25) is 4.79 Å². The third-order valence-corrected chi connectivity index (χ3v) is 2.35. The largest absolute Gasteiger partial charge is 0.465 e. The smallest absolute Gasteiger partial charge is 0.323 e. The molecule has 0 amide bonds. The Labute approximate surface area is 98.3 Å². The van der Waals surface area contributed by atoms with Crippen molar-refractivity contribution in [2.45, 2.75) is 19.4 Å². The Morgan fingerprint density at radius 1 is 1.62 bits per heavy atom. The first-order valence-corrected chi connectivity index (χ1v) is 5.29. The van der Waals surface area contributed by atoms with Gasteiger partial charge in [-0.15, -0.1) is 0 Å². The molecule has 0 saturated heterocycles. The summed E-state index contributed by atoms with van der Waals surface area (Å²) in [5, 5.41) is 0.0218. The zero-order chi connectivity index (χ0) is 12.1. The van der Waals surface area contributed by atoms with Crippen LogP contribution in [0.2, 0.25) is 5.02 Å². The van der Waals surface area contributed by atoms with Crippen molar-refractivity contribution in [3.63, 3.8) is 0 Å². The van der Waals surface area contributed by atoms with Crippen molar-refractivity contribution in [3.05, 3.63) is 34.6 Å². The number of benzene rings is 1. The first-order valence-electron chi connectivity index (χ1n) is 4.91. The van der Waals surface area contributed by atoms with Gasteiger partial charge in [0.25, 0.3) is 0 Å². The molecule has 1 aromatic carbocycles. The first-order chi connectivity index (χ1) is 7.56. The van der Waals surface area contributed by atoms with Gasteiger partial charge in [0.1, 0.15) is 11.9 Å². The summed E-state index contributed by atoms with van der Waals surface area (Å²) in [6.07, 6.45) is 0.0746. The molecule has 0 radical (unpaired) electrons. The SMILES string of the molecule is CCOC(=O)[C@@H](N)Cc1cccc(Cl)c1F. The molecule has 1 atom stereocenters. The van der Waals surface area contributed by atoms with E-state index in [1.54, 1.807) is 19.1 Å². The highest BCUT2D eigenvalue weighted by atomic mass is 35.5. The molecule has 0 unspecified atom stereocenters. The fourth-order valence-corrected chi connectivity index (χ4v) is 1.47. The van der Waals surface area contributed by atoms with E-state index in [0.29, 0.717) is 5.56 Å². The molecule has 88 valence electrons. The van der Waals surface area contributed by atoms with E-state index in [9.17, 15) is 9.18 Å². The lowest BCUT2D eigenvalue weighted by molar-refractivity contribution is -0.144. The molecule has 2 N–H and O–H groups in total. The minimum absolute atomic E-state index is 0.0218. The van der Waals surface area contributed by atoms with Crippen LogP contribution >= 0.6 is 11.6 Å². The van der Waals surface area contributed by atoms with Crippen molar-refractivity contribution in [1.82, 2.24) is 0 Å². The number of hydrogen-bond acceptors (Lipinski definition) is 3. The fraction of sp³-hybridized carbons (Fsp3) is 0.364. The Kier molecular flexibility index (Phi) is 4.71. The Bertz CT molecular complexity index is 384. The predicted octanol–water partition coefficient (Wildman–Crippen LogP) is 1.91. The van der Waals surface area contributed by atoms with Gasteiger partial charge in [-0.05, 0) is 18.6 Å². The Balaban J connectivity index is 2.73. The Morgan fingerprint density at radius 3 is 2.94 bits per heavy atom. The molecule has 0 fully saturated rings. The number of carbonyl (C=O) groups excluding carboxylic acids is 1. The van der Waals surface area contributed by atoms with Crippen LogP contribution in [0.15, 0.2) is 18.2 Å². The summed E-state index contributed by atoms with van der Waals surface area (Å²) in [6.45, 7) is 1.94. The summed E-state index contributed by atoms with van der Waals surface area (Å²) in [4.78, 5) is 11.2. The van der Waals surface area contributed by atoms with Gasteiger partial charge in [-0.1, -0.05) is 23.7 Å². The second-order valence-electron chi connectivity index (χ2n) is 3.28. The molecule has 0 heterocycles. The summed E-state index contributed by atoms with van der Waals surface area (Å²) in [6, 6.07) is 3.72. The average molecular weight is 246 g/mol. The zero-order valence-electron chi connectivity index (χ0n) is 8.87. The Hall–Kier alpha value is -1.13. The van der Waals surface area contributed by atoms with Crippen LogP contribution in [-0.4, -0.2) is 18.6 Å². The summed E-state index contributed by atoms with van der Waals surface area (Å²) >= 11 is 5.61. The molecular weight excluding hydrogens is 233 g/mol. The maximum absolute atomic E-state index is 13.5. The maximum Gasteiger partial charge on any atom is 0.323 e. The highest BCUT2D eigenvalue weighted by molar-refractivity contribution is 6.30. The molecule has 1 aromatic rings. The maximum atomic E-state index is 13.5. The van der Waals surface area contributed by atoms with Crippen molar-refractivity contribution < 1.29 is 13.9 Å². The van der Waals surface area contributed by atoms with Crippen LogP contribution in [0, 0.1) is 5.82 Å². The normalized spacial score (nSPS) is 12.2. The summed E-state index contributed by atoms with van der Waals surface area (Å²) in [7, 11) is 0. The lowest BCUT2D eigenvalue weighted by Crippen LogP contribution is -2.34. The molecule has 5 heteroatoms. The lowest BCUT2D eigenvalue weighted by atomic mass is 10.1. The average Bonchev–Trinajstić information content (AvgIpc) is 2.25. The van der Waals surface area contributed by atoms with Crippen LogP contribution in [0.5, 0.6) is 0 Å². The second kappa shape index (κ2) is 5.82. The van der Waals surface area contributed by atoms with Crippen LogP contribution < -0.4 is 5.73 Å². The highest BCUT2D eigenvalue weighted by Gasteiger charge is 2.17. The van der Waals surface area contributed by atoms with Gasteiger partial charge in [0, 0.05) is 6.42 Å². The predicted molar refractivity (Wildman–Crippen MR) is 59.7 cm³/mol. The van der Waals surface area contributed by atoms with Crippen molar-refractivity contribution >= 4 is 17.6 Å². The highest BCUT2D eigenvalue weighted by Crippen LogP contribution is 2.18. The molecule has 0 bridgehead atoms. The van der Waals surface area contributed by atoms with E-state index in [0.717, 1.165) is 0 Å². The Morgan fingerprint density at radius 2 is 2.31 bits per heavy atom. The number of ether oxygens (including phenoxy) is 1. The van der Waals surface area contributed by atoms with Gasteiger partial charge in [0.05, 0.1) is 11.6 Å². The number of rotatable bonds is 4. The fourth-order valence-electron chi connectivity index (χ4n) is 1.28. The summed E-state index contributed by atoms with van der Waals surface area (Å²) in [5.41, 5.74) is 5.88. The van der Waals surface area contributed by atoms with Crippen LogP contribution in [0.3, 0.4) is 0 Å². The van der Waals surface area contributed by atoms with Gasteiger partial charge in [-0.25, -0.2) is 4.39 Å². The van der Waals surface area contributed by atoms with Gasteiger partial charge >= 0.3 is 5.97 Å². The standard InChI is InChI=1S/C11H13ClFNO2/c1-2-16-11(15)9(14)6-7-4-3-5-8(12)10(7)13/h3-5,9H,2,6,14H2,1H3/t9-/m0/s1. The second-order valence-corrected chi connectivity index (χ2v) is 3.68. The van der Waals surface area contributed by atoms with E-state index in [1.165, 1.54) is 6.07 Å². The number of hydrogen-bond donors (Lipinski definition) is 1. The third-order valence-electron chi connectivity index (χ3n) is 2.06. The molecule has 0 aliphatic heterocycles. The summed E-state index contributed by atoms with van der Waals surface area (Å²) < 4.78 is 18.2. The topological polar surface area (TPSA) is 52.3 Å². The van der Waals surface area contributed by atoms with E-state index in [4.69, 9.17) is 22.1 Å². The molecule has 3 nitrogen and oxygen atoms in total. The molecule has 0 aromatic heterocycles. The van der Waals surface area contributed by atoms with Crippen molar-refractivity contribution in [3.8, 4) is 0 Å². The van der Waals surface area contributed by atoms with Gasteiger partial charge in [0.15, 0.2) is 0 Å². The van der Waals surface area contributed by atoms with Gasteiger partial charge in [0.2, 0.25) is 0 Å². The van der Waals surface area contributed by atoms with E-state index in [2.05, 4.69) is 0 Å². The molecule has 0 spiro atoms. The van der Waals surface area contributed by atoms with E-state index in [-0.39, 0.29) is 18.1 Å². The quantitative estimate of drug-likeness (QED) is 0.825. The number of nitrogens with two attached hydrogens (primary N) is 1.